The fourth-order valence-electron chi connectivity index (χ4n) is 5.08. The Morgan fingerprint density at radius 3 is 2.47 bits per heavy atom. The lowest BCUT2D eigenvalue weighted by atomic mass is 9.61. The fourth-order valence-corrected chi connectivity index (χ4v) is 5.08. The van der Waals surface area contributed by atoms with Crippen LogP contribution >= 0.6 is 0 Å². The molecule has 2 aliphatic rings. The number of benzene rings is 3. The molecule has 5 rings (SSSR count). The van der Waals surface area contributed by atoms with Crippen molar-refractivity contribution in [1.29, 1.82) is 0 Å². The summed E-state index contributed by atoms with van der Waals surface area (Å²) in [4.78, 5) is 13.1. The highest BCUT2D eigenvalue weighted by Gasteiger charge is 2.48. The lowest BCUT2D eigenvalue weighted by Gasteiger charge is -2.54. The monoisotopic (exact) mass is 453 g/mol. The van der Waals surface area contributed by atoms with Gasteiger partial charge in [-0.3, -0.25) is 4.79 Å². The van der Waals surface area contributed by atoms with Gasteiger partial charge in [0.05, 0.1) is 0 Å². The maximum absolute atomic E-state index is 13.1. The predicted octanol–water partition coefficient (Wildman–Crippen LogP) is 5.64. The summed E-state index contributed by atoms with van der Waals surface area (Å²) in [6.45, 7) is 10.6. The minimum atomic E-state index is -0.0408. The quantitative estimate of drug-likeness (QED) is 0.438. The largest absolute Gasteiger partial charge is 0.382 e. The van der Waals surface area contributed by atoms with E-state index in [0.717, 1.165) is 51.8 Å². The minimum Gasteiger partial charge on any atom is -0.382 e. The summed E-state index contributed by atoms with van der Waals surface area (Å²) < 4.78 is 0. The number of nitrogens with one attached hydrogen (secondary N) is 3. The van der Waals surface area contributed by atoms with Crippen LogP contribution < -0.4 is 16.0 Å². The van der Waals surface area contributed by atoms with Gasteiger partial charge >= 0.3 is 0 Å². The van der Waals surface area contributed by atoms with Crippen LogP contribution in [0.2, 0.25) is 0 Å². The maximum atomic E-state index is 13.1. The number of anilines is 1. The normalized spacial score (nSPS) is 15.8. The van der Waals surface area contributed by atoms with Gasteiger partial charge in [-0.25, -0.2) is 0 Å². The number of fused-ring (bicyclic) bond motifs is 1. The van der Waals surface area contributed by atoms with Gasteiger partial charge < -0.3 is 16.0 Å². The molecule has 1 saturated carbocycles. The van der Waals surface area contributed by atoms with Crippen LogP contribution in [0.3, 0.4) is 0 Å². The van der Waals surface area contributed by atoms with Gasteiger partial charge in [-0.05, 0) is 72.2 Å². The highest BCUT2D eigenvalue weighted by Crippen LogP contribution is 2.45. The minimum absolute atomic E-state index is 0.0408. The van der Waals surface area contributed by atoms with E-state index in [-0.39, 0.29) is 5.91 Å². The van der Waals surface area contributed by atoms with Crippen LogP contribution in [0.1, 0.15) is 60.7 Å². The van der Waals surface area contributed by atoms with Crippen LogP contribution in [0.5, 0.6) is 0 Å². The Hall–Kier alpha value is -3.29. The first-order valence-corrected chi connectivity index (χ1v) is 12.4. The van der Waals surface area contributed by atoms with E-state index in [9.17, 15) is 4.79 Å². The average molecular weight is 454 g/mol. The molecule has 4 nitrogen and oxygen atoms in total. The molecule has 0 radical (unpaired) electrons. The summed E-state index contributed by atoms with van der Waals surface area (Å²) in [5.74, 6) is 6.11. The van der Waals surface area contributed by atoms with E-state index in [1.165, 1.54) is 12.8 Å². The van der Waals surface area contributed by atoms with Crippen molar-refractivity contribution in [2.75, 3.05) is 18.4 Å². The number of carbonyl (C=O) groups excluding carboxylic acids is 1. The molecule has 1 aliphatic carbocycles. The molecule has 1 heterocycles. The highest BCUT2D eigenvalue weighted by molar-refractivity contribution is 5.97. The van der Waals surface area contributed by atoms with Gasteiger partial charge in [0.1, 0.15) is 0 Å². The maximum Gasteiger partial charge on any atom is 0.251 e. The summed E-state index contributed by atoms with van der Waals surface area (Å²) in [6, 6.07) is 19.0. The first-order valence-electron chi connectivity index (χ1n) is 12.4. The SMILES string of the molecule is CC.CC#Cc1ccc(CNC(=O)c2cc(NC3CC4(CNC4)C3)ccc2C)c2ccccc12. The number of amides is 1. The molecule has 1 spiro atoms. The van der Waals surface area contributed by atoms with E-state index in [4.69, 9.17) is 0 Å². The lowest BCUT2D eigenvalue weighted by molar-refractivity contribution is 0.0470. The molecule has 34 heavy (non-hydrogen) atoms. The summed E-state index contributed by atoms with van der Waals surface area (Å²) in [6.07, 6.45) is 2.42. The van der Waals surface area contributed by atoms with Gasteiger partial charge in [-0.1, -0.05) is 56.2 Å². The lowest BCUT2D eigenvalue weighted by Crippen LogP contribution is -2.63. The van der Waals surface area contributed by atoms with Crippen LogP contribution in [0.4, 0.5) is 5.69 Å². The van der Waals surface area contributed by atoms with Crippen molar-refractivity contribution in [3.05, 3.63) is 76.9 Å². The smallest absolute Gasteiger partial charge is 0.251 e. The summed E-state index contributed by atoms with van der Waals surface area (Å²) in [7, 11) is 0. The number of hydrogen-bond acceptors (Lipinski definition) is 3. The molecular weight excluding hydrogens is 418 g/mol. The predicted molar refractivity (Wildman–Crippen MR) is 142 cm³/mol. The zero-order chi connectivity index (χ0) is 24.1. The molecule has 2 fully saturated rings. The number of carbonyl (C=O) groups is 1. The first-order chi connectivity index (χ1) is 16.6. The van der Waals surface area contributed by atoms with Crippen molar-refractivity contribution >= 4 is 22.4 Å². The van der Waals surface area contributed by atoms with E-state index < -0.39 is 0 Å². The fraction of sp³-hybridized carbons (Fsp3) is 0.367. The van der Waals surface area contributed by atoms with Crippen LogP contribution in [0.15, 0.2) is 54.6 Å². The van der Waals surface area contributed by atoms with Gasteiger partial charge in [0, 0.05) is 42.5 Å². The topological polar surface area (TPSA) is 53.2 Å². The van der Waals surface area contributed by atoms with Crippen molar-refractivity contribution in [2.24, 2.45) is 5.41 Å². The van der Waals surface area contributed by atoms with Crippen molar-refractivity contribution in [3.8, 4) is 11.8 Å². The van der Waals surface area contributed by atoms with Crippen molar-refractivity contribution < 1.29 is 4.79 Å². The molecule has 4 heteroatoms. The Morgan fingerprint density at radius 1 is 1.06 bits per heavy atom. The molecule has 1 aliphatic heterocycles. The molecule has 0 atom stereocenters. The second-order valence-electron chi connectivity index (χ2n) is 9.26. The van der Waals surface area contributed by atoms with Crippen LogP contribution in [0, 0.1) is 24.2 Å². The molecule has 176 valence electrons. The van der Waals surface area contributed by atoms with Gasteiger partial charge in [0.25, 0.3) is 5.91 Å². The van der Waals surface area contributed by atoms with E-state index in [1.807, 2.05) is 58.0 Å². The van der Waals surface area contributed by atoms with Crippen LogP contribution in [-0.4, -0.2) is 25.0 Å². The third-order valence-corrected chi connectivity index (χ3v) is 6.93. The molecule has 1 saturated heterocycles. The Morgan fingerprint density at radius 2 is 1.79 bits per heavy atom. The molecule has 3 N–H and O–H groups in total. The number of rotatable bonds is 5. The van der Waals surface area contributed by atoms with Gasteiger partial charge in [0.15, 0.2) is 0 Å². The highest BCUT2D eigenvalue weighted by atomic mass is 16.1. The average Bonchev–Trinajstić information content (AvgIpc) is 2.81. The van der Waals surface area contributed by atoms with Crippen molar-refractivity contribution in [1.82, 2.24) is 10.6 Å². The van der Waals surface area contributed by atoms with Crippen molar-refractivity contribution in [3.63, 3.8) is 0 Å². The van der Waals surface area contributed by atoms with E-state index >= 15 is 0 Å². The molecule has 3 aromatic carbocycles. The first kappa shape index (κ1) is 23.9. The molecule has 0 unspecified atom stereocenters. The molecule has 3 aromatic rings. The van der Waals surface area contributed by atoms with Gasteiger partial charge in [-0.2, -0.15) is 0 Å². The third kappa shape index (κ3) is 4.81. The molecular formula is C30H35N3O. The van der Waals surface area contributed by atoms with Gasteiger partial charge in [-0.15, -0.1) is 5.92 Å². The molecule has 0 aromatic heterocycles. The Kier molecular flexibility index (Phi) is 7.24. The zero-order valence-electron chi connectivity index (χ0n) is 20.7. The third-order valence-electron chi connectivity index (χ3n) is 6.93. The summed E-state index contributed by atoms with van der Waals surface area (Å²) >= 11 is 0. The summed E-state index contributed by atoms with van der Waals surface area (Å²) in [5, 5.41) is 12.4. The summed E-state index contributed by atoms with van der Waals surface area (Å²) in [5.41, 5.74) is 5.39. The van der Waals surface area contributed by atoms with Crippen LogP contribution in [-0.2, 0) is 6.54 Å². The Balaban J connectivity index is 0.00000133. The Bertz CT molecular complexity index is 1240. The van der Waals surface area contributed by atoms with E-state index in [1.54, 1.807) is 0 Å². The van der Waals surface area contributed by atoms with Crippen molar-refractivity contribution in [2.45, 2.75) is 53.1 Å². The second-order valence-corrected chi connectivity index (χ2v) is 9.26. The molecule has 0 bridgehead atoms. The molecule has 1 amide bonds. The zero-order valence-corrected chi connectivity index (χ0v) is 20.7. The number of aryl methyl sites for hydroxylation is 1. The standard InChI is InChI=1S/C28H29N3O.C2H6/c1-3-6-20-10-11-21(25-8-5-4-7-24(20)25)16-30-27(32)26-13-22(12-9-19(26)2)31-23-14-28(15-23)17-29-18-28;1-2/h4-5,7-13,23,29,31H,14-18H2,1-2H3,(H,30,32);1-2H3. The second kappa shape index (κ2) is 10.3. The van der Waals surface area contributed by atoms with Crippen LogP contribution in [0.25, 0.3) is 10.8 Å². The van der Waals surface area contributed by atoms with E-state index in [0.29, 0.717) is 18.0 Å². The van der Waals surface area contributed by atoms with E-state index in [2.05, 4.69) is 52.1 Å². The van der Waals surface area contributed by atoms with Gasteiger partial charge in [0.2, 0.25) is 0 Å². The Labute approximate surface area is 203 Å². The number of hydrogen-bond donors (Lipinski definition) is 3.